The zero-order chi connectivity index (χ0) is 20.7. The summed E-state index contributed by atoms with van der Waals surface area (Å²) in [5, 5.41) is 10.7. The van der Waals surface area contributed by atoms with E-state index < -0.39 is 21.5 Å². The Hall–Kier alpha value is -1.24. The van der Waals surface area contributed by atoms with Gasteiger partial charge in [0.25, 0.3) is 0 Å². The van der Waals surface area contributed by atoms with Crippen LogP contribution in [0, 0.1) is 22.6 Å². The molecule has 0 aromatic heterocycles. The lowest BCUT2D eigenvalue weighted by atomic mass is 9.70. The molecule has 3 aliphatic carbocycles. The van der Waals surface area contributed by atoms with Crippen LogP contribution in [-0.4, -0.2) is 42.8 Å². The summed E-state index contributed by atoms with van der Waals surface area (Å²) in [6.45, 7) is 5.22. The molecule has 4 aliphatic rings. The Bertz CT molecular complexity index is 978. The highest BCUT2D eigenvalue weighted by atomic mass is 32.2. The Balaban J connectivity index is 1.35. The summed E-state index contributed by atoms with van der Waals surface area (Å²) >= 11 is 0. The molecule has 2 bridgehead atoms. The molecule has 3 fully saturated rings. The minimum atomic E-state index is -3.46. The van der Waals surface area contributed by atoms with Crippen LogP contribution in [0.5, 0.6) is 0 Å². The number of piperidine rings is 1. The zero-order valence-electron chi connectivity index (χ0n) is 17.2. The summed E-state index contributed by atoms with van der Waals surface area (Å²) in [6, 6.07) is 4.91. The highest BCUT2D eigenvalue weighted by molar-refractivity contribution is 7.89. The number of halogens is 1. The van der Waals surface area contributed by atoms with Gasteiger partial charge >= 0.3 is 0 Å². The monoisotopic (exact) mass is 419 g/mol. The number of rotatable bonds is 3. The predicted octanol–water partition coefficient (Wildman–Crippen LogP) is 3.70. The van der Waals surface area contributed by atoms with Crippen molar-refractivity contribution in [2.45, 2.75) is 57.5 Å². The topological polar surface area (TPSA) is 57.6 Å². The van der Waals surface area contributed by atoms with Crippen LogP contribution >= 0.6 is 0 Å². The third-order valence-electron chi connectivity index (χ3n) is 8.97. The van der Waals surface area contributed by atoms with Gasteiger partial charge in [0, 0.05) is 23.9 Å². The quantitative estimate of drug-likeness (QED) is 0.813. The molecule has 1 spiro atoms. The average molecular weight is 420 g/mol. The smallest absolute Gasteiger partial charge is 0.214 e. The van der Waals surface area contributed by atoms with Gasteiger partial charge in [-0.2, -0.15) is 0 Å². The van der Waals surface area contributed by atoms with E-state index in [2.05, 4.69) is 19.9 Å². The van der Waals surface area contributed by atoms with Crippen molar-refractivity contribution in [3.63, 3.8) is 0 Å². The van der Waals surface area contributed by atoms with Crippen LogP contribution in [0.3, 0.4) is 0 Å². The average Bonchev–Trinajstić information content (AvgIpc) is 3.18. The predicted molar refractivity (Wildman–Crippen MR) is 111 cm³/mol. The van der Waals surface area contributed by atoms with E-state index >= 15 is 0 Å². The number of nitrogens with zero attached hydrogens (tertiary/aromatic N) is 1. The molecule has 4 nitrogen and oxygen atoms in total. The normalized spacial score (nSPS) is 34.8. The van der Waals surface area contributed by atoms with Crippen molar-refractivity contribution < 1.29 is 17.9 Å². The zero-order valence-corrected chi connectivity index (χ0v) is 18.0. The first-order chi connectivity index (χ1) is 13.6. The molecule has 1 unspecified atom stereocenters. The number of aliphatic hydroxyl groups is 1. The van der Waals surface area contributed by atoms with Crippen molar-refractivity contribution in [3.8, 4) is 0 Å². The van der Waals surface area contributed by atoms with Crippen LogP contribution in [0.15, 0.2) is 24.3 Å². The second-order valence-corrected chi connectivity index (χ2v) is 12.2. The highest BCUT2D eigenvalue weighted by Crippen LogP contribution is 2.66. The molecule has 158 valence electrons. The molecule has 1 N–H and O–H groups in total. The van der Waals surface area contributed by atoms with Crippen molar-refractivity contribution in [2.75, 3.05) is 18.8 Å². The molecule has 1 heterocycles. The second-order valence-electron chi connectivity index (χ2n) is 10.2. The lowest BCUT2D eigenvalue weighted by Gasteiger charge is -2.43. The molecule has 1 aromatic rings. The Labute approximate surface area is 172 Å². The molecule has 1 saturated heterocycles. The first-order valence-corrected chi connectivity index (χ1v) is 12.4. The van der Waals surface area contributed by atoms with Crippen molar-refractivity contribution in [1.29, 1.82) is 0 Å². The highest BCUT2D eigenvalue weighted by Gasteiger charge is 2.65. The minimum Gasteiger partial charge on any atom is -0.392 e. The molecule has 0 amide bonds. The fourth-order valence-corrected chi connectivity index (χ4v) is 9.14. The van der Waals surface area contributed by atoms with Gasteiger partial charge in [0.05, 0.1) is 11.9 Å². The van der Waals surface area contributed by atoms with E-state index in [4.69, 9.17) is 0 Å². The number of aliphatic hydroxyl groups excluding tert-OH is 1. The third kappa shape index (κ3) is 2.64. The number of hydrogen-bond acceptors (Lipinski definition) is 3. The van der Waals surface area contributed by atoms with Crippen molar-refractivity contribution in [1.82, 2.24) is 4.31 Å². The van der Waals surface area contributed by atoms with Crippen LogP contribution in [0.4, 0.5) is 4.39 Å². The van der Waals surface area contributed by atoms with Gasteiger partial charge in [-0.15, -0.1) is 0 Å². The number of allylic oxidation sites excluding steroid dienone is 1. The summed E-state index contributed by atoms with van der Waals surface area (Å²) < 4.78 is 42.0. The summed E-state index contributed by atoms with van der Waals surface area (Å²) in [7, 11) is -3.46. The minimum absolute atomic E-state index is 0.0509. The van der Waals surface area contributed by atoms with Crippen LogP contribution < -0.4 is 0 Å². The van der Waals surface area contributed by atoms with E-state index in [1.807, 2.05) is 12.1 Å². The van der Waals surface area contributed by atoms with Gasteiger partial charge in [0.1, 0.15) is 5.82 Å². The fourth-order valence-electron chi connectivity index (χ4n) is 6.86. The molecule has 3 atom stereocenters. The molecule has 29 heavy (non-hydrogen) atoms. The first kappa shape index (κ1) is 19.7. The van der Waals surface area contributed by atoms with Gasteiger partial charge in [-0.05, 0) is 66.7 Å². The molecule has 6 heteroatoms. The standard InChI is InChI=1S/C23H30FNO3S/c1-21(2)17-6-8-23(21,20(26)14-17)15-29(27,28)25-11-9-22(10-12-25)7-5-16-13-18(24)3-4-19(16)22/h3-5,7,13,17,20,26H,6,8-12,14-15H2,1-2H3/t17?,20-,23+/m0/s1. The SMILES string of the molecule is CC1(C)C2CC[C@@]1(CS(=O)(=O)N1CCC3(C=Cc4cc(F)ccc43)CC1)[C@@H](O)C2. The van der Waals surface area contributed by atoms with Gasteiger partial charge in [-0.25, -0.2) is 17.1 Å². The van der Waals surface area contributed by atoms with Gasteiger partial charge in [-0.1, -0.05) is 32.1 Å². The van der Waals surface area contributed by atoms with Gasteiger partial charge < -0.3 is 5.11 Å². The Morgan fingerprint density at radius 1 is 1.21 bits per heavy atom. The third-order valence-corrected chi connectivity index (χ3v) is 11.0. The van der Waals surface area contributed by atoms with Crippen LogP contribution in [0.25, 0.3) is 6.08 Å². The summed E-state index contributed by atoms with van der Waals surface area (Å²) in [6.07, 6.45) is 7.53. The van der Waals surface area contributed by atoms with E-state index in [9.17, 15) is 17.9 Å². The maximum Gasteiger partial charge on any atom is 0.214 e. The maximum absolute atomic E-state index is 13.6. The van der Waals surface area contributed by atoms with Gasteiger partial charge in [0.2, 0.25) is 10.0 Å². The molecule has 1 aliphatic heterocycles. The summed E-state index contributed by atoms with van der Waals surface area (Å²) in [5.41, 5.74) is 1.17. The van der Waals surface area contributed by atoms with Gasteiger partial charge in [-0.3, -0.25) is 0 Å². The van der Waals surface area contributed by atoms with E-state index in [-0.39, 0.29) is 22.4 Å². The van der Waals surface area contributed by atoms with E-state index in [0.29, 0.717) is 31.8 Å². The van der Waals surface area contributed by atoms with Gasteiger partial charge in [0.15, 0.2) is 0 Å². The largest absolute Gasteiger partial charge is 0.392 e. The Morgan fingerprint density at radius 3 is 2.55 bits per heavy atom. The van der Waals surface area contributed by atoms with Crippen molar-refractivity contribution in [3.05, 3.63) is 41.2 Å². The number of benzene rings is 1. The van der Waals surface area contributed by atoms with E-state index in [0.717, 1.165) is 30.4 Å². The van der Waals surface area contributed by atoms with E-state index in [1.54, 1.807) is 10.4 Å². The van der Waals surface area contributed by atoms with Crippen molar-refractivity contribution in [2.24, 2.45) is 16.7 Å². The molecular formula is C23H30FNO3S. The van der Waals surface area contributed by atoms with Crippen LogP contribution in [0.2, 0.25) is 0 Å². The summed E-state index contributed by atoms with van der Waals surface area (Å²) in [5.74, 6) is 0.227. The Morgan fingerprint density at radius 2 is 1.93 bits per heavy atom. The summed E-state index contributed by atoms with van der Waals surface area (Å²) in [4.78, 5) is 0. The first-order valence-electron chi connectivity index (χ1n) is 10.7. The number of fused-ring (bicyclic) bond motifs is 4. The molecule has 1 aromatic carbocycles. The molecule has 5 rings (SSSR count). The lowest BCUT2D eigenvalue weighted by Crippen LogP contribution is -2.51. The second kappa shape index (κ2) is 6.14. The molecular weight excluding hydrogens is 389 g/mol. The Kier molecular flexibility index (Phi) is 4.18. The van der Waals surface area contributed by atoms with Crippen LogP contribution in [0.1, 0.15) is 57.1 Å². The van der Waals surface area contributed by atoms with Crippen molar-refractivity contribution >= 4 is 16.1 Å². The fraction of sp³-hybridized carbons (Fsp3) is 0.652. The molecule has 2 saturated carbocycles. The molecule has 0 radical (unpaired) electrons. The van der Waals surface area contributed by atoms with E-state index in [1.165, 1.54) is 6.07 Å². The number of sulfonamides is 1. The number of hydrogen-bond donors (Lipinski definition) is 1. The maximum atomic E-state index is 13.6. The van der Waals surface area contributed by atoms with Crippen LogP contribution in [-0.2, 0) is 15.4 Å². The lowest BCUT2D eigenvalue weighted by molar-refractivity contribution is 0.0143.